The minimum atomic E-state index is -0.891. The quantitative estimate of drug-likeness (QED) is 0.591. The van der Waals surface area contributed by atoms with Crippen LogP contribution in [0.15, 0.2) is 30.3 Å². The van der Waals surface area contributed by atoms with Crippen LogP contribution in [0.5, 0.6) is 0 Å². The van der Waals surface area contributed by atoms with Gasteiger partial charge in [0.2, 0.25) is 6.10 Å². The smallest absolute Gasteiger partial charge is 0.313 e. The average Bonchev–Trinajstić information content (AvgIpc) is 2.57. The van der Waals surface area contributed by atoms with Crippen molar-refractivity contribution >= 4 is 23.5 Å². The summed E-state index contributed by atoms with van der Waals surface area (Å²) in [6.07, 6.45) is 4.71. The van der Waals surface area contributed by atoms with Crippen LogP contribution in [-0.4, -0.2) is 35.7 Å². The monoisotopic (exact) mass is 375 g/mol. The first-order chi connectivity index (χ1) is 12.3. The van der Waals surface area contributed by atoms with E-state index in [0.717, 1.165) is 25.7 Å². The Balaban J connectivity index is 1.60. The van der Waals surface area contributed by atoms with Crippen molar-refractivity contribution in [3.05, 3.63) is 35.9 Å². The molecule has 0 heterocycles. The summed E-state index contributed by atoms with van der Waals surface area (Å²) >= 11 is 6.85. The van der Waals surface area contributed by atoms with E-state index in [0.29, 0.717) is 23.8 Å². The van der Waals surface area contributed by atoms with Crippen LogP contribution in [0.3, 0.4) is 0 Å². The van der Waals surface area contributed by atoms with E-state index in [-0.39, 0.29) is 16.8 Å². The van der Waals surface area contributed by atoms with E-state index in [2.05, 4.69) is 0 Å². The van der Waals surface area contributed by atoms with E-state index >= 15 is 0 Å². The highest BCUT2D eigenvalue weighted by Crippen LogP contribution is 2.64. The second-order valence-corrected chi connectivity index (χ2v) is 9.62. The summed E-state index contributed by atoms with van der Waals surface area (Å²) in [6.45, 7) is 0. The van der Waals surface area contributed by atoms with Gasteiger partial charge in [0.15, 0.2) is 0 Å². The minimum absolute atomic E-state index is 0.213. The van der Waals surface area contributed by atoms with Crippen molar-refractivity contribution in [2.24, 2.45) is 17.3 Å². The molecule has 0 spiro atoms. The number of nitrogens with zero attached hydrogens (tertiary/aromatic N) is 1. The maximum Gasteiger partial charge on any atom is 0.313 e. The molecule has 5 rings (SSSR count). The van der Waals surface area contributed by atoms with Crippen LogP contribution in [0.4, 0.5) is 0 Å². The van der Waals surface area contributed by atoms with Crippen molar-refractivity contribution in [3.8, 4) is 0 Å². The zero-order valence-electron chi connectivity index (χ0n) is 15.4. The number of amides is 1. The van der Waals surface area contributed by atoms with Crippen LogP contribution in [0.1, 0.15) is 50.2 Å². The molecule has 0 aromatic heterocycles. The Morgan fingerprint density at radius 1 is 1.12 bits per heavy atom. The van der Waals surface area contributed by atoms with Crippen LogP contribution < -0.4 is 0 Å². The van der Waals surface area contributed by atoms with Crippen LogP contribution in [0.25, 0.3) is 0 Å². The lowest BCUT2D eigenvalue weighted by Crippen LogP contribution is -2.56. The molecule has 1 amide bonds. The lowest BCUT2D eigenvalue weighted by Gasteiger charge is -2.58. The Hall–Kier alpha value is -1.55. The van der Waals surface area contributed by atoms with Crippen LogP contribution in [0, 0.1) is 17.3 Å². The highest BCUT2D eigenvalue weighted by molar-refractivity contribution is 6.24. The van der Waals surface area contributed by atoms with E-state index in [4.69, 9.17) is 16.3 Å². The number of alkyl halides is 1. The number of hydrogen-bond acceptors (Lipinski definition) is 3. The summed E-state index contributed by atoms with van der Waals surface area (Å²) in [6, 6.07) is 9.28. The number of carbonyl (C=O) groups excluding carboxylic acids is 2. The Bertz CT molecular complexity index is 703. The molecule has 4 aliphatic carbocycles. The van der Waals surface area contributed by atoms with Gasteiger partial charge < -0.3 is 9.64 Å². The van der Waals surface area contributed by atoms with E-state index in [9.17, 15) is 9.59 Å². The van der Waals surface area contributed by atoms with Crippen molar-refractivity contribution in [1.29, 1.82) is 0 Å². The van der Waals surface area contributed by atoms with Gasteiger partial charge in [-0.05, 0) is 50.4 Å². The number of hydrogen-bond donors (Lipinski definition) is 0. The van der Waals surface area contributed by atoms with E-state index in [1.54, 1.807) is 14.1 Å². The third-order valence-corrected chi connectivity index (χ3v) is 6.86. The maximum atomic E-state index is 13.3. The number of halogens is 1. The molecule has 5 atom stereocenters. The Morgan fingerprint density at radius 3 is 2.27 bits per heavy atom. The molecule has 5 heteroatoms. The molecule has 1 aromatic rings. The van der Waals surface area contributed by atoms with Gasteiger partial charge in [0.25, 0.3) is 5.91 Å². The van der Waals surface area contributed by atoms with Gasteiger partial charge in [-0.15, -0.1) is 11.6 Å². The molecule has 4 aliphatic rings. The summed E-state index contributed by atoms with van der Waals surface area (Å²) in [5, 5.41) is 0. The second-order valence-electron chi connectivity index (χ2n) is 8.82. The van der Waals surface area contributed by atoms with Gasteiger partial charge in [-0.25, -0.2) is 0 Å². The summed E-state index contributed by atoms with van der Waals surface area (Å²) < 4.78 is 5.90. The van der Waals surface area contributed by atoms with Crippen molar-refractivity contribution in [3.63, 3.8) is 0 Å². The largest absolute Gasteiger partial charge is 0.447 e. The average molecular weight is 376 g/mol. The van der Waals surface area contributed by atoms with E-state index < -0.39 is 11.5 Å². The third kappa shape index (κ3) is 3.02. The molecule has 4 saturated carbocycles. The van der Waals surface area contributed by atoms with Gasteiger partial charge in [0.05, 0.1) is 5.41 Å². The number of esters is 1. The lowest BCUT2D eigenvalue weighted by molar-refractivity contribution is -0.180. The molecule has 140 valence electrons. The normalized spacial score (nSPS) is 35.8. The van der Waals surface area contributed by atoms with Gasteiger partial charge in [0.1, 0.15) is 0 Å². The molecule has 4 fully saturated rings. The molecule has 0 radical (unpaired) electrons. The molecule has 0 aliphatic heterocycles. The topological polar surface area (TPSA) is 46.6 Å². The Morgan fingerprint density at radius 2 is 1.73 bits per heavy atom. The second kappa shape index (κ2) is 6.26. The number of benzene rings is 1. The van der Waals surface area contributed by atoms with Crippen LogP contribution in [0.2, 0.25) is 0 Å². The third-order valence-electron chi connectivity index (χ3n) is 6.41. The standard InChI is InChI=1S/C21H26ClNO3/c1-23(2)18(24)17(16-6-4-3-5-7-16)26-19(25)20-9-14-8-15(10-20)12-21(22,11-14)13-20/h3-7,14-15,17H,8-13H2,1-2H3/t14-,15+,17-,20?,21?/m0/s1. The fourth-order valence-corrected chi connectivity index (χ4v) is 6.44. The number of carbonyl (C=O) groups is 2. The first kappa shape index (κ1) is 17.8. The van der Waals surface area contributed by atoms with Gasteiger partial charge >= 0.3 is 5.97 Å². The van der Waals surface area contributed by atoms with Crippen LogP contribution >= 0.6 is 11.6 Å². The molecule has 4 nitrogen and oxygen atoms in total. The fourth-order valence-electron chi connectivity index (χ4n) is 5.74. The van der Waals surface area contributed by atoms with Gasteiger partial charge in [0, 0.05) is 24.5 Å². The predicted octanol–water partition coefficient (Wildman–Crippen LogP) is 3.94. The van der Waals surface area contributed by atoms with Gasteiger partial charge in [-0.2, -0.15) is 0 Å². The zero-order valence-corrected chi connectivity index (χ0v) is 16.2. The summed E-state index contributed by atoms with van der Waals surface area (Å²) in [5.74, 6) is 0.581. The summed E-state index contributed by atoms with van der Waals surface area (Å²) in [4.78, 5) is 27.2. The van der Waals surface area contributed by atoms with Crippen molar-refractivity contribution < 1.29 is 14.3 Å². The predicted molar refractivity (Wildman–Crippen MR) is 99.7 cm³/mol. The SMILES string of the molecule is CN(C)C(=O)[C@@H](OC(=O)C12C[C@@H]3C[C@@H](CC(Cl)(C3)C1)C2)c1ccccc1. The highest BCUT2D eigenvalue weighted by Gasteiger charge is 2.61. The first-order valence-electron chi connectivity index (χ1n) is 9.46. The molecule has 1 aromatic carbocycles. The minimum Gasteiger partial charge on any atom is -0.447 e. The van der Waals surface area contributed by atoms with E-state index in [1.807, 2.05) is 30.3 Å². The highest BCUT2D eigenvalue weighted by atomic mass is 35.5. The molecular formula is C21H26ClNO3. The van der Waals surface area contributed by atoms with Crippen molar-refractivity contribution in [1.82, 2.24) is 4.90 Å². The molecule has 2 unspecified atom stereocenters. The molecular weight excluding hydrogens is 350 g/mol. The van der Waals surface area contributed by atoms with Crippen molar-refractivity contribution in [2.75, 3.05) is 14.1 Å². The Kier molecular flexibility index (Phi) is 4.30. The number of likely N-dealkylation sites (N-methyl/N-ethyl adjacent to an activating group) is 1. The van der Waals surface area contributed by atoms with E-state index in [1.165, 1.54) is 11.3 Å². The van der Waals surface area contributed by atoms with Gasteiger partial charge in [-0.1, -0.05) is 30.3 Å². The number of rotatable bonds is 4. The summed E-state index contributed by atoms with van der Waals surface area (Å²) in [5.41, 5.74) is 0.204. The fraction of sp³-hybridized carbons (Fsp3) is 0.619. The molecule has 26 heavy (non-hydrogen) atoms. The molecule has 4 bridgehead atoms. The molecule has 0 saturated heterocycles. The molecule has 0 N–H and O–H groups in total. The Labute approximate surface area is 159 Å². The number of ether oxygens (including phenoxy) is 1. The zero-order chi connectivity index (χ0) is 18.5. The van der Waals surface area contributed by atoms with Crippen molar-refractivity contribution in [2.45, 2.75) is 49.5 Å². The lowest BCUT2D eigenvalue weighted by atomic mass is 9.49. The maximum absolute atomic E-state index is 13.3. The van der Waals surface area contributed by atoms with Crippen LogP contribution in [-0.2, 0) is 14.3 Å². The summed E-state index contributed by atoms with van der Waals surface area (Å²) in [7, 11) is 3.37. The van der Waals surface area contributed by atoms with Gasteiger partial charge in [-0.3, -0.25) is 9.59 Å². The first-order valence-corrected chi connectivity index (χ1v) is 9.84.